The van der Waals surface area contributed by atoms with Gasteiger partial charge in [-0.2, -0.15) is 5.10 Å². The molecule has 1 saturated heterocycles. The molecule has 0 spiro atoms. The first-order valence-electron chi connectivity index (χ1n) is 7.86. The molecular weight excluding hydrogens is 292 g/mol. The summed E-state index contributed by atoms with van der Waals surface area (Å²) >= 11 is 0. The second-order valence-electron chi connectivity index (χ2n) is 6.18. The van der Waals surface area contributed by atoms with Gasteiger partial charge in [0.1, 0.15) is 0 Å². The summed E-state index contributed by atoms with van der Waals surface area (Å²) in [7, 11) is 0. The third-order valence-corrected chi connectivity index (χ3v) is 4.14. The molecule has 0 saturated carbocycles. The van der Waals surface area contributed by atoms with Gasteiger partial charge in [-0.15, -0.1) is 0 Å². The van der Waals surface area contributed by atoms with Crippen LogP contribution in [-0.4, -0.2) is 51.8 Å². The largest absolute Gasteiger partial charge is 0.391 e. The minimum absolute atomic E-state index is 0.0559. The number of aliphatic hydroxyl groups excluding tert-OH is 1. The zero-order valence-corrected chi connectivity index (χ0v) is 13.2. The fourth-order valence-corrected chi connectivity index (χ4v) is 3.04. The molecule has 23 heavy (non-hydrogen) atoms. The molecule has 0 unspecified atom stereocenters. The zero-order valence-electron chi connectivity index (χ0n) is 13.2. The van der Waals surface area contributed by atoms with E-state index < -0.39 is 6.10 Å². The van der Waals surface area contributed by atoms with E-state index in [0.717, 1.165) is 23.5 Å². The number of hydrogen-bond acceptors (Lipinski definition) is 4. The highest BCUT2D eigenvalue weighted by Gasteiger charge is 2.32. The lowest BCUT2D eigenvalue weighted by atomic mass is 10.0. The zero-order chi connectivity index (χ0) is 16.2. The Kier molecular flexibility index (Phi) is 4.73. The molecule has 6 nitrogen and oxygen atoms in total. The standard InChI is InChI=1S/C17H22N4O2/c1-12-7-15(20-19-12)8-13-9-21(10-16(13)22)11-17(23)18-14-5-3-2-4-6-14/h2-7,13,16,22H,8-11H2,1H3,(H,18,23)(H,19,20)/t13-,16-/m1/s1. The summed E-state index contributed by atoms with van der Waals surface area (Å²) in [5, 5.41) is 20.2. The maximum atomic E-state index is 12.1. The number of nitrogens with one attached hydrogen (secondary N) is 2. The van der Waals surface area contributed by atoms with Crippen LogP contribution in [0, 0.1) is 12.8 Å². The van der Waals surface area contributed by atoms with Gasteiger partial charge in [0.15, 0.2) is 0 Å². The first-order valence-corrected chi connectivity index (χ1v) is 7.86. The lowest BCUT2D eigenvalue weighted by molar-refractivity contribution is -0.117. The number of β-amino-alcohol motifs (C(OH)–C–C–N with tert-alkyl or cyclic N) is 1. The summed E-state index contributed by atoms with van der Waals surface area (Å²) in [6.07, 6.45) is 0.305. The molecule has 1 aliphatic heterocycles. The third-order valence-electron chi connectivity index (χ3n) is 4.14. The SMILES string of the molecule is Cc1cc(C[C@@H]2CN(CC(=O)Nc3ccccc3)C[C@H]2O)n[nH]1. The maximum Gasteiger partial charge on any atom is 0.238 e. The van der Waals surface area contributed by atoms with Gasteiger partial charge in [-0.1, -0.05) is 18.2 Å². The average Bonchev–Trinajstić information content (AvgIpc) is 3.06. The molecule has 0 aliphatic carbocycles. The van der Waals surface area contributed by atoms with E-state index in [2.05, 4.69) is 15.5 Å². The van der Waals surface area contributed by atoms with Crippen molar-refractivity contribution in [3.05, 3.63) is 47.8 Å². The number of carbonyl (C=O) groups excluding carboxylic acids is 1. The van der Waals surface area contributed by atoms with Crippen LogP contribution in [0.4, 0.5) is 5.69 Å². The van der Waals surface area contributed by atoms with Gasteiger partial charge in [0.05, 0.1) is 18.3 Å². The topological polar surface area (TPSA) is 81.2 Å². The molecule has 3 N–H and O–H groups in total. The Hall–Kier alpha value is -2.18. The lowest BCUT2D eigenvalue weighted by Crippen LogP contribution is -2.32. The number of aryl methyl sites for hydroxylation is 1. The number of para-hydroxylation sites is 1. The van der Waals surface area contributed by atoms with Gasteiger partial charge in [-0.25, -0.2) is 0 Å². The molecule has 1 aromatic carbocycles. The Bertz CT molecular complexity index is 656. The van der Waals surface area contributed by atoms with Crippen LogP contribution in [0.2, 0.25) is 0 Å². The predicted octanol–water partition coefficient (Wildman–Crippen LogP) is 1.19. The summed E-state index contributed by atoms with van der Waals surface area (Å²) in [6, 6.07) is 11.4. The van der Waals surface area contributed by atoms with Gasteiger partial charge in [-0.3, -0.25) is 14.8 Å². The molecule has 1 aliphatic rings. The van der Waals surface area contributed by atoms with Crippen molar-refractivity contribution in [1.29, 1.82) is 0 Å². The number of aliphatic hydroxyl groups is 1. The summed E-state index contributed by atoms with van der Waals surface area (Å²) in [6.45, 7) is 3.48. The quantitative estimate of drug-likeness (QED) is 0.774. The van der Waals surface area contributed by atoms with Gasteiger partial charge >= 0.3 is 0 Å². The number of hydrogen-bond donors (Lipinski definition) is 3. The van der Waals surface area contributed by atoms with E-state index in [9.17, 15) is 9.90 Å². The van der Waals surface area contributed by atoms with Crippen LogP contribution in [-0.2, 0) is 11.2 Å². The smallest absolute Gasteiger partial charge is 0.238 e. The van der Waals surface area contributed by atoms with E-state index in [-0.39, 0.29) is 11.8 Å². The Balaban J connectivity index is 1.51. The Morgan fingerprint density at radius 2 is 2.17 bits per heavy atom. The third kappa shape index (κ3) is 4.18. The highest BCUT2D eigenvalue weighted by Crippen LogP contribution is 2.21. The summed E-state index contributed by atoms with van der Waals surface area (Å²) < 4.78 is 0. The lowest BCUT2D eigenvalue weighted by Gasteiger charge is -2.15. The van der Waals surface area contributed by atoms with Crippen molar-refractivity contribution >= 4 is 11.6 Å². The molecule has 1 fully saturated rings. The molecule has 1 amide bonds. The fraction of sp³-hybridized carbons (Fsp3) is 0.412. The normalized spacial score (nSPS) is 21.5. The molecular formula is C17H22N4O2. The number of nitrogens with zero attached hydrogens (tertiary/aromatic N) is 2. The van der Waals surface area contributed by atoms with Crippen LogP contribution < -0.4 is 5.32 Å². The summed E-state index contributed by atoms with van der Waals surface area (Å²) in [5.41, 5.74) is 2.77. The number of H-pyrrole nitrogens is 1. The van der Waals surface area contributed by atoms with Crippen LogP contribution in [0.3, 0.4) is 0 Å². The number of anilines is 1. The highest BCUT2D eigenvalue weighted by atomic mass is 16.3. The van der Waals surface area contributed by atoms with E-state index in [1.165, 1.54) is 0 Å². The number of amides is 1. The van der Waals surface area contributed by atoms with Crippen LogP contribution in [0.15, 0.2) is 36.4 Å². The van der Waals surface area contributed by atoms with E-state index in [0.29, 0.717) is 19.6 Å². The van der Waals surface area contributed by atoms with Crippen molar-refractivity contribution < 1.29 is 9.90 Å². The van der Waals surface area contributed by atoms with E-state index >= 15 is 0 Å². The predicted molar refractivity (Wildman–Crippen MR) is 88.0 cm³/mol. The molecule has 2 aromatic rings. The van der Waals surface area contributed by atoms with Gasteiger partial charge in [0.25, 0.3) is 0 Å². The minimum Gasteiger partial charge on any atom is -0.391 e. The monoisotopic (exact) mass is 314 g/mol. The van der Waals surface area contributed by atoms with Gasteiger partial charge in [-0.05, 0) is 31.5 Å². The molecule has 0 radical (unpaired) electrons. The van der Waals surface area contributed by atoms with Crippen molar-refractivity contribution in [2.75, 3.05) is 25.0 Å². The van der Waals surface area contributed by atoms with Crippen LogP contribution in [0.1, 0.15) is 11.4 Å². The molecule has 0 bridgehead atoms. The first kappa shape index (κ1) is 15.7. The second kappa shape index (κ2) is 6.93. The van der Waals surface area contributed by atoms with Gasteiger partial charge in [0, 0.05) is 30.4 Å². The van der Waals surface area contributed by atoms with Crippen molar-refractivity contribution in [3.8, 4) is 0 Å². The fourth-order valence-electron chi connectivity index (χ4n) is 3.04. The Morgan fingerprint density at radius 3 is 2.87 bits per heavy atom. The van der Waals surface area contributed by atoms with E-state index in [1.54, 1.807) is 0 Å². The van der Waals surface area contributed by atoms with Crippen LogP contribution in [0.25, 0.3) is 0 Å². The summed E-state index contributed by atoms with van der Waals surface area (Å²) in [4.78, 5) is 14.1. The molecule has 122 valence electrons. The number of likely N-dealkylation sites (tertiary alicyclic amines) is 1. The molecule has 6 heteroatoms. The van der Waals surface area contributed by atoms with E-state index in [1.807, 2.05) is 48.2 Å². The van der Waals surface area contributed by atoms with Crippen LogP contribution >= 0.6 is 0 Å². The first-order chi connectivity index (χ1) is 11.1. The molecule has 2 atom stereocenters. The summed E-state index contributed by atoms with van der Waals surface area (Å²) in [5.74, 6) is 0.0573. The number of aromatic amines is 1. The van der Waals surface area contributed by atoms with Gasteiger partial charge in [0.2, 0.25) is 5.91 Å². The van der Waals surface area contributed by atoms with Crippen molar-refractivity contribution in [2.45, 2.75) is 19.4 Å². The van der Waals surface area contributed by atoms with Gasteiger partial charge < -0.3 is 10.4 Å². The molecule has 1 aromatic heterocycles. The Labute approximate surface area is 135 Å². The van der Waals surface area contributed by atoms with Crippen LogP contribution in [0.5, 0.6) is 0 Å². The van der Waals surface area contributed by atoms with Crippen molar-refractivity contribution in [2.24, 2.45) is 5.92 Å². The van der Waals surface area contributed by atoms with Crippen molar-refractivity contribution in [1.82, 2.24) is 15.1 Å². The second-order valence-corrected chi connectivity index (χ2v) is 6.18. The maximum absolute atomic E-state index is 12.1. The number of carbonyl (C=O) groups is 1. The molecule has 3 rings (SSSR count). The highest BCUT2D eigenvalue weighted by molar-refractivity contribution is 5.92. The minimum atomic E-state index is -0.420. The number of benzene rings is 1. The van der Waals surface area contributed by atoms with Crippen molar-refractivity contribution in [3.63, 3.8) is 0 Å². The number of aromatic nitrogens is 2. The Morgan fingerprint density at radius 1 is 1.39 bits per heavy atom. The molecule has 2 heterocycles. The number of rotatable bonds is 5. The average molecular weight is 314 g/mol. The van der Waals surface area contributed by atoms with E-state index in [4.69, 9.17) is 0 Å².